The van der Waals surface area contributed by atoms with Crippen molar-refractivity contribution in [1.82, 2.24) is 49.5 Å². The fourth-order valence-corrected chi connectivity index (χ4v) is 15.3. The second kappa shape index (κ2) is 35.2. The van der Waals surface area contributed by atoms with Gasteiger partial charge < -0.3 is 84.1 Å². The highest BCUT2D eigenvalue weighted by atomic mass is 16.5. The molecule has 9 aromatic rings. The van der Waals surface area contributed by atoms with Crippen molar-refractivity contribution in [2.75, 3.05) is 211 Å². The van der Waals surface area contributed by atoms with E-state index in [0.717, 1.165) is 143 Å². The van der Waals surface area contributed by atoms with Crippen LogP contribution in [0.4, 0.5) is 97.9 Å². The Bertz CT molecular complexity index is 4900. The Morgan fingerprint density at radius 1 is 0.425 bits per heavy atom. The van der Waals surface area contributed by atoms with Crippen LogP contribution in [0.2, 0.25) is 0 Å². The van der Waals surface area contributed by atoms with Gasteiger partial charge in [-0.05, 0) is 131 Å². The van der Waals surface area contributed by atoms with Gasteiger partial charge in [-0.2, -0.15) is 15.0 Å². The zero-order valence-electron chi connectivity index (χ0n) is 65.4. The van der Waals surface area contributed by atoms with Crippen LogP contribution in [0.5, 0.6) is 17.2 Å². The number of piperazine rings is 2. The number of likely N-dealkylation sites (N-methyl/N-ethyl adjacent to an activating group) is 2. The van der Waals surface area contributed by atoms with E-state index in [1.807, 2.05) is 151 Å². The highest BCUT2D eigenvalue weighted by molar-refractivity contribution is 6.15. The van der Waals surface area contributed by atoms with Crippen LogP contribution in [-0.4, -0.2) is 235 Å². The standard InChI is InChI=1S/C31H38N8O3.C27H32N6O2.C25H29N7O2.2CH4/c1-35-15-17-38(18-16-35)22-11-13-39(14-12-22)29(40)21-9-10-24(27(19-21)42-4)33-31-32-20-26-28(34-31)36(2)25-8-6-5-7-23(25)30(41)37(26)3;1-5-35-24-16-19(33-14-12-18(2)13-15-33)10-11-21(24)29-27-28-17-23-25(30-27)31(3)22-9-7-6-8-20(22)26(34)32(23)4;1-29-11-13-32(14-12-29)17-9-10-19(22(15-17)34-4)27-25-26-16-21-23(28-25)30(2)20-8-6-5-7-18(20)24(33)31(21)3;;/h5-10,19-20,22H,11-18H2,1-4H3,(H,32,33,34);6-11,16-18H,5,12-15H2,1-4H3,(H,28,29,30);5-10,15-16H,11-14H2,1-4H3,(H,26,27,28);2*1H4. The molecule has 28 heteroatoms. The smallest absolute Gasteiger partial charge is 0.260 e. The van der Waals surface area contributed by atoms with Gasteiger partial charge in [0.2, 0.25) is 17.8 Å². The van der Waals surface area contributed by atoms with Gasteiger partial charge in [-0.1, -0.05) is 58.2 Å². The third-order valence-electron chi connectivity index (χ3n) is 22.1. The lowest BCUT2D eigenvalue weighted by molar-refractivity contribution is 0.0518. The molecule has 0 unspecified atom stereocenters. The van der Waals surface area contributed by atoms with Gasteiger partial charge >= 0.3 is 0 Å². The minimum absolute atomic E-state index is 0. The number of methoxy groups -OCH3 is 2. The number of carbonyl (C=O) groups excluding carboxylic acids is 4. The van der Waals surface area contributed by atoms with E-state index in [-0.39, 0.29) is 38.5 Å². The number of piperidine rings is 2. The number of para-hydroxylation sites is 3. The summed E-state index contributed by atoms with van der Waals surface area (Å²) in [5, 5.41) is 9.88. The lowest BCUT2D eigenvalue weighted by Gasteiger charge is -2.42. The molecule has 28 nitrogen and oxygen atoms in total. The maximum atomic E-state index is 13.4. The molecule has 0 atom stereocenters. The van der Waals surface area contributed by atoms with Crippen molar-refractivity contribution in [3.63, 3.8) is 0 Å². The van der Waals surface area contributed by atoms with Gasteiger partial charge in [0, 0.05) is 156 Å². The number of aromatic nitrogens is 6. The molecule has 0 radical (unpaired) electrons. The van der Waals surface area contributed by atoms with Crippen LogP contribution in [0.3, 0.4) is 0 Å². The minimum atomic E-state index is -0.119. The van der Waals surface area contributed by atoms with Crippen molar-refractivity contribution >= 4 is 121 Å². The molecule has 0 bridgehead atoms. The van der Waals surface area contributed by atoms with Crippen LogP contribution in [0.25, 0.3) is 0 Å². The summed E-state index contributed by atoms with van der Waals surface area (Å²) in [5.74, 6) is 5.64. The molecule has 0 aliphatic carbocycles. The maximum absolute atomic E-state index is 13.4. The van der Waals surface area contributed by atoms with Gasteiger partial charge in [-0.3, -0.25) is 24.1 Å². The highest BCUT2D eigenvalue weighted by Gasteiger charge is 2.35. The van der Waals surface area contributed by atoms with Gasteiger partial charge in [-0.25, -0.2) is 15.0 Å². The number of hydrogen-bond acceptors (Lipinski definition) is 24. The SMILES string of the molecule is C.C.CCOc1cc(N2CCC(C)CC2)ccc1Nc1ncc2c(n1)N(C)c1ccccc1C(=O)N2C.COc1cc(C(=O)N2CCC(N3CCN(C)CC3)CC2)ccc1Nc1ncc2c(n1)N(C)c1ccccc1C(=O)N2C.COc1cc(N2CCN(C)CC2)ccc1Nc1ncc2c(n1)N(C)c1ccccc1C(=O)N2C. The second-order valence-electron chi connectivity index (χ2n) is 29.1. The second-order valence-corrected chi connectivity index (χ2v) is 29.1. The number of anilines is 17. The van der Waals surface area contributed by atoms with Gasteiger partial charge in [0.25, 0.3) is 23.6 Å². The Hall–Kier alpha value is -11.9. The van der Waals surface area contributed by atoms with Gasteiger partial charge in [0.1, 0.15) is 34.3 Å². The van der Waals surface area contributed by atoms with E-state index in [2.05, 4.69) is 94.6 Å². The number of fused-ring (bicyclic) bond motifs is 6. The number of nitrogens with one attached hydrogen (secondary N) is 3. The van der Waals surface area contributed by atoms with Crippen LogP contribution in [0.1, 0.15) is 95.8 Å². The molecule has 16 rings (SSSR count). The Morgan fingerprint density at radius 2 is 0.796 bits per heavy atom. The highest BCUT2D eigenvalue weighted by Crippen LogP contribution is 2.44. The van der Waals surface area contributed by atoms with Crippen molar-refractivity contribution in [3.05, 3.63) is 168 Å². The quantitative estimate of drug-likeness (QED) is 0.0915. The molecule has 10 heterocycles. The largest absolute Gasteiger partial charge is 0.495 e. The van der Waals surface area contributed by atoms with E-state index in [1.165, 1.54) is 18.5 Å². The number of benzene rings is 6. The third kappa shape index (κ3) is 17.0. The lowest BCUT2D eigenvalue weighted by Crippen LogP contribution is -2.52. The molecule has 113 heavy (non-hydrogen) atoms. The Kier molecular flexibility index (Phi) is 25.1. The van der Waals surface area contributed by atoms with Crippen molar-refractivity contribution < 1.29 is 33.4 Å². The number of hydrogen-bond donors (Lipinski definition) is 3. The molecule has 3 N–H and O–H groups in total. The molecule has 594 valence electrons. The summed E-state index contributed by atoms with van der Waals surface area (Å²) < 4.78 is 17.3. The molecule has 4 amide bonds. The first-order valence-corrected chi connectivity index (χ1v) is 38.0. The van der Waals surface area contributed by atoms with E-state index in [9.17, 15) is 19.2 Å². The Labute approximate surface area is 663 Å². The first-order chi connectivity index (χ1) is 53.7. The minimum Gasteiger partial charge on any atom is -0.495 e. The molecule has 0 spiro atoms. The van der Waals surface area contributed by atoms with Crippen LogP contribution in [0, 0.1) is 5.92 Å². The first-order valence-electron chi connectivity index (χ1n) is 38.0. The molecule has 4 fully saturated rings. The lowest BCUT2D eigenvalue weighted by atomic mass is 9.99. The average Bonchev–Trinajstić information content (AvgIpc) is 1.60. The van der Waals surface area contributed by atoms with Crippen molar-refractivity contribution in [2.45, 2.75) is 60.4 Å². The van der Waals surface area contributed by atoms with E-state index >= 15 is 0 Å². The fraction of sp³-hybridized carbons (Fsp3) is 0.388. The van der Waals surface area contributed by atoms with E-state index < -0.39 is 0 Å². The van der Waals surface area contributed by atoms with Crippen LogP contribution >= 0.6 is 0 Å². The van der Waals surface area contributed by atoms with Gasteiger partial charge in [0.15, 0.2) is 17.5 Å². The number of amides is 4. The number of carbonyl (C=O) groups is 4. The molecule has 7 aliphatic heterocycles. The number of ether oxygens (including phenoxy) is 3. The monoisotopic (exact) mass is 1530 g/mol. The Balaban J connectivity index is 0.000000157. The third-order valence-corrected chi connectivity index (χ3v) is 22.1. The summed E-state index contributed by atoms with van der Waals surface area (Å²) in [6, 6.07) is 40.9. The normalized spacial score (nSPS) is 16.6. The number of likely N-dealkylation sites (tertiary alicyclic amines) is 1. The summed E-state index contributed by atoms with van der Waals surface area (Å²) in [4.78, 5) is 105. The summed E-state index contributed by atoms with van der Waals surface area (Å²) in [5.41, 5.74) is 11.3. The van der Waals surface area contributed by atoms with Gasteiger partial charge in [0.05, 0.1) is 90.2 Å². The van der Waals surface area contributed by atoms with E-state index in [1.54, 1.807) is 74.7 Å². The van der Waals surface area contributed by atoms with Crippen LogP contribution < -0.4 is 69.4 Å². The molecule has 3 aromatic heterocycles. The molecular weight excluding hydrogens is 1430 g/mol. The molecule has 6 aromatic carbocycles. The predicted molar refractivity (Wildman–Crippen MR) is 453 cm³/mol. The summed E-state index contributed by atoms with van der Waals surface area (Å²) in [6.07, 6.45) is 9.43. The fourth-order valence-electron chi connectivity index (χ4n) is 15.3. The summed E-state index contributed by atoms with van der Waals surface area (Å²) >= 11 is 0. The zero-order valence-corrected chi connectivity index (χ0v) is 65.4. The average molecular weight is 1530 g/mol. The zero-order chi connectivity index (χ0) is 77.7. The number of rotatable bonds is 14. The summed E-state index contributed by atoms with van der Waals surface area (Å²) in [6.45, 7) is 17.0. The molecule has 0 saturated carbocycles. The van der Waals surface area contributed by atoms with Crippen molar-refractivity contribution in [1.29, 1.82) is 0 Å². The van der Waals surface area contributed by atoms with Crippen molar-refractivity contribution in [3.8, 4) is 17.2 Å². The predicted octanol–water partition coefficient (Wildman–Crippen LogP) is 13.3. The van der Waals surface area contributed by atoms with Crippen LogP contribution in [-0.2, 0) is 0 Å². The molecule has 7 aliphatic rings. The number of nitrogens with zero attached hydrogens (tertiary/aromatic N) is 18. The maximum Gasteiger partial charge on any atom is 0.260 e. The topological polar surface area (TPSA) is 248 Å². The van der Waals surface area contributed by atoms with Gasteiger partial charge in [-0.15, -0.1) is 0 Å². The Morgan fingerprint density at radius 3 is 1.21 bits per heavy atom. The first kappa shape index (κ1) is 80.6. The summed E-state index contributed by atoms with van der Waals surface area (Å²) in [7, 11) is 18.5. The van der Waals surface area contributed by atoms with E-state index in [0.29, 0.717) is 98.7 Å². The van der Waals surface area contributed by atoms with E-state index in [4.69, 9.17) is 29.2 Å². The molecular formula is C85H107N21O7. The van der Waals surface area contributed by atoms with Crippen molar-refractivity contribution in [2.24, 2.45) is 5.92 Å². The molecule has 4 saturated heterocycles. The van der Waals surface area contributed by atoms with Crippen LogP contribution in [0.15, 0.2) is 146 Å².